The Morgan fingerprint density at radius 1 is 1.04 bits per heavy atom. The SMILES string of the molecule is O=C(NC1CC1)c1ccc(CN(C(=O)CSc2ccccc2F)C2CC2)cc1. The summed E-state index contributed by atoms with van der Waals surface area (Å²) in [6, 6.07) is 14.6. The third kappa shape index (κ3) is 4.93. The lowest BCUT2D eigenvalue weighted by Gasteiger charge is -2.22. The quantitative estimate of drug-likeness (QED) is 0.684. The lowest BCUT2D eigenvalue weighted by atomic mass is 10.1. The number of nitrogens with one attached hydrogen (secondary N) is 1. The van der Waals surface area contributed by atoms with E-state index in [9.17, 15) is 14.0 Å². The van der Waals surface area contributed by atoms with E-state index in [1.54, 1.807) is 18.2 Å². The van der Waals surface area contributed by atoms with Crippen LogP contribution in [-0.4, -0.2) is 34.6 Å². The first-order valence-corrected chi connectivity index (χ1v) is 10.7. The summed E-state index contributed by atoms with van der Waals surface area (Å²) >= 11 is 1.24. The highest BCUT2D eigenvalue weighted by Gasteiger charge is 2.32. The molecule has 1 N–H and O–H groups in total. The number of hydrogen-bond acceptors (Lipinski definition) is 3. The van der Waals surface area contributed by atoms with Crippen molar-refractivity contribution < 1.29 is 14.0 Å². The summed E-state index contributed by atoms with van der Waals surface area (Å²) in [5.41, 5.74) is 1.65. The van der Waals surface area contributed by atoms with E-state index in [1.807, 2.05) is 29.2 Å². The van der Waals surface area contributed by atoms with E-state index in [0.29, 0.717) is 23.0 Å². The summed E-state index contributed by atoms with van der Waals surface area (Å²) < 4.78 is 13.8. The molecule has 0 aromatic heterocycles. The number of amides is 2. The van der Waals surface area contributed by atoms with Crippen molar-refractivity contribution in [1.82, 2.24) is 10.2 Å². The summed E-state index contributed by atoms with van der Waals surface area (Å²) in [4.78, 5) is 27.2. The van der Waals surface area contributed by atoms with E-state index < -0.39 is 0 Å². The Bertz CT molecular complexity index is 863. The molecule has 2 aliphatic carbocycles. The normalized spacial score (nSPS) is 15.9. The molecule has 2 amide bonds. The topological polar surface area (TPSA) is 49.4 Å². The zero-order valence-electron chi connectivity index (χ0n) is 15.6. The molecule has 4 nitrogen and oxygen atoms in total. The summed E-state index contributed by atoms with van der Waals surface area (Å²) in [5, 5.41) is 2.98. The van der Waals surface area contributed by atoms with Gasteiger partial charge >= 0.3 is 0 Å². The van der Waals surface area contributed by atoms with E-state index in [-0.39, 0.29) is 29.4 Å². The van der Waals surface area contributed by atoms with Crippen LogP contribution in [0.2, 0.25) is 0 Å². The molecule has 0 atom stereocenters. The number of nitrogens with zero attached hydrogens (tertiary/aromatic N) is 1. The summed E-state index contributed by atoms with van der Waals surface area (Å²) in [6.45, 7) is 0.520. The smallest absolute Gasteiger partial charge is 0.251 e. The van der Waals surface area contributed by atoms with E-state index in [4.69, 9.17) is 0 Å². The van der Waals surface area contributed by atoms with Crippen molar-refractivity contribution in [1.29, 1.82) is 0 Å². The zero-order valence-corrected chi connectivity index (χ0v) is 16.4. The van der Waals surface area contributed by atoms with Gasteiger partial charge in [0.2, 0.25) is 5.91 Å². The Balaban J connectivity index is 1.36. The minimum atomic E-state index is -0.293. The fourth-order valence-electron chi connectivity index (χ4n) is 3.05. The molecule has 2 aromatic carbocycles. The highest BCUT2D eigenvalue weighted by molar-refractivity contribution is 8.00. The second kappa shape index (κ2) is 8.35. The molecule has 28 heavy (non-hydrogen) atoms. The van der Waals surface area contributed by atoms with Crippen molar-refractivity contribution in [2.45, 2.75) is 49.2 Å². The third-order valence-corrected chi connectivity index (χ3v) is 6.01. The Morgan fingerprint density at radius 2 is 1.75 bits per heavy atom. The predicted octanol–water partition coefficient (Wildman–Crippen LogP) is 4.00. The van der Waals surface area contributed by atoms with Gasteiger partial charge in [0, 0.05) is 29.1 Å². The molecule has 2 saturated carbocycles. The summed E-state index contributed by atoms with van der Waals surface area (Å²) in [6.07, 6.45) is 4.15. The van der Waals surface area contributed by atoms with Crippen LogP contribution in [0.15, 0.2) is 53.4 Å². The maximum Gasteiger partial charge on any atom is 0.251 e. The van der Waals surface area contributed by atoms with E-state index in [1.165, 1.54) is 17.8 Å². The molecule has 6 heteroatoms. The van der Waals surface area contributed by atoms with Crippen molar-refractivity contribution >= 4 is 23.6 Å². The van der Waals surface area contributed by atoms with E-state index in [0.717, 1.165) is 31.2 Å². The number of halogens is 1. The molecule has 0 aliphatic heterocycles. The Hall–Kier alpha value is -2.34. The molecule has 0 unspecified atom stereocenters. The monoisotopic (exact) mass is 398 g/mol. The molecule has 146 valence electrons. The first-order chi connectivity index (χ1) is 13.6. The van der Waals surface area contributed by atoms with Gasteiger partial charge in [0.15, 0.2) is 0 Å². The molecule has 0 radical (unpaired) electrons. The van der Waals surface area contributed by atoms with Crippen LogP contribution in [0.25, 0.3) is 0 Å². The van der Waals surface area contributed by atoms with Gasteiger partial charge in [-0.15, -0.1) is 11.8 Å². The molecule has 2 aromatic rings. The maximum atomic E-state index is 13.8. The average molecular weight is 399 g/mol. The number of benzene rings is 2. The molecule has 2 fully saturated rings. The maximum absolute atomic E-state index is 13.8. The Labute approximate surface area is 168 Å². The van der Waals surface area contributed by atoms with Crippen LogP contribution in [0, 0.1) is 5.82 Å². The molecule has 0 saturated heterocycles. The number of hydrogen-bond donors (Lipinski definition) is 1. The van der Waals surface area contributed by atoms with Gasteiger partial charge in [0.25, 0.3) is 5.91 Å². The van der Waals surface area contributed by atoms with Gasteiger partial charge in [-0.2, -0.15) is 0 Å². The second-order valence-electron chi connectivity index (χ2n) is 7.42. The molecular weight excluding hydrogens is 375 g/mol. The van der Waals surface area contributed by atoms with E-state index >= 15 is 0 Å². The highest BCUT2D eigenvalue weighted by atomic mass is 32.2. The first kappa shape index (κ1) is 19.0. The van der Waals surface area contributed by atoms with Crippen LogP contribution in [0.3, 0.4) is 0 Å². The molecule has 4 rings (SSSR count). The lowest BCUT2D eigenvalue weighted by Crippen LogP contribution is -2.34. The lowest BCUT2D eigenvalue weighted by molar-refractivity contribution is -0.129. The van der Waals surface area contributed by atoms with Crippen molar-refractivity contribution in [2.75, 3.05) is 5.75 Å². The van der Waals surface area contributed by atoms with Crippen molar-refractivity contribution in [2.24, 2.45) is 0 Å². The van der Waals surface area contributed by atoms with Crippen molar-refractivity contribution in [3.63, 3.8) is 0 Å². The van der Waals surface area contributed by atoms with Gasteiger partial charge in [0.1, 0.15) is 5.82 Å². The molecule has 0 heterocycles. The number of carbonyl (C=O) groups is 2. The van der Waals surface area contributed by atoms with Crippen molar-refractivity contribution in [3.8, 4) is 0 Å². The fraction of sp³-hybridized carbons (Fsp3) is 0.364. The van der Waals surface area contributed by atoms with Crippen LogP contribution >= 0.6 is 11.8 Å². The minimum Gasteiger partial charge on any atom is -0.349 e. The minimum absolute atomic E-state index is 0.0197. The predicted molar refractivity (Wildman–Crippen MR) is 108 cm³/mol. The van der Waals surface area contributed by atoms with Crippen LogP contribution in [0.1, 0.15) is 41.6 Å². The van der Waals surface area contributed by atoms with Crippen LogP contribution in [0.4, 0.5) is 4.39 Å². The highest BCUT2D eigenvalue weighted by Crippen LogP contribution is 2.30. The van der Waals surface area contributed by atoms with Gasteiger partial charge in [-0.05, 0) is 55.5 Å². The standard InChI is InChI=1S/C22H23FN2O2S/c23-19-3-1-2-4-20(19)28-14-21(26)25(18-11-12-18)13-15-5-7-16(8-6-15)22(27)24-17-9-10-17/h1-8,17-18H,9-14H2,(H,24,27). The van der Waals surface area contributed by atoms with Gasteiger partial charge in [0.05, 0.1) is 5.75 Å². The van der Waals surface area contributed by atoms with Gasteiger partial charge < -0.3 is 10.2 Å². The van der Waals surface area contributed by atoms with Crippen LogP contribution in [-0.2, 0) is 11.3 Å². The largest absolute Gasteiger partial charge is 0.349 e. The average Bonchev–Trinajstić information content (AvgIpc) is 3.60. The van der Waals surface area contributed by atoms with Crippen molar-refractivity contribution in [3.05, 3.63) is 65.5 Å². The van der Waals surface area contributed by atoms with Gasteiger partial charge in [-0.3, -0.25) is 9.59 Å². The second-order valence-corrected chi connectivity index (χ2v) is 8.43. The van der Waals surface area contributed by atoms with Gasteiger partial charge in [-0.1, -0.05) is 24.3 Å². The molecule has 0 bridgehead atoms. The molecular formula is C22H23FN2O2S. The van der Waals surface area contributed by atoms with E-state index in [2.05, 4.69) is 5.32 Å². The number of thioether (sulfide) groups is 1. The van der Waals surface area contributed by atoms with Crippen LogP contribution in [0.5, 0.6) is 0 Å². The Morgan fingerprint density at radius 3 is 2.39 bits per heavy atom. The Kier molecular flexibility index (Phi) is 5.67. The zero-order chi connectivity index (χ0) is 19.5. The third-order valence-electron chi connectivity index (χ3n) is 4.98. The first-order valence-electron chi connectivity index (χ1n) is 9.67. The number of rotatable bonds is 8. The summed E-state index contributed by atoms with van der Waals surface area (Å²) in [7, 11) is 0. The van der Waals surface area contributed by atoms with Gasteiger partial charge in [-0.25, -0.2) is 4.39 Å². The van der Waals surface area contributed by atoms with Crippen LogP contribution < -0.4 is 5.32 Å². The molecule has 0 spiro atoms. The molecule has 2 aliphatic rings. The fourth-order valence-corrected chi connectivity index (χ4v) is 3.87. The number of carbonyl (C=O) groups excluding carboxylic acids is 2. The summed E-state index contributed by atoms with van der Waals surface area (Å²) in [5.74, 6) is -0.0885.